The normalized spacial score (nSPS) is 11.5. The van der Waals surface area contributed by atoms with Gasteiger partial charge in [-0.3, -0.25) is 49.9 Å². The molecule has 550 valence electrons. The number of hydrogen-bond donors (Lipinski definition) is 0. The van der Waals surface area contributed by atoms with Crippen molar-refractivity contribution in [2.24, 2.45) is 25.0 Å². The maximum atomic E-state index is 8.49. The molecule has 0 fully saturated rings. The summed E-state index contributed by atoms with van der Waals surface area (Å²) >= 11 is 0. The van der Waals surface area contributed by atoms with Gasteiger partial charge >= 0.3 is 33.6 Å². The number of aromatic nitrogens is 5. The molecule has 12 rings (SSSR count). The molecular weight excluding hydrogens is 1550 g/mol. The summed E-state index contributed by atoms with van der Waals surface area (Å²) in [7, 11) is -19.8. The molecule has 0 bridgehead atoms. The van der Waals surface area contributed by atoms with Crippen molar-refractivity contribution in [2.45, 2.75) is 0 Å². The van der Waals surface area contributed by atoms with E-state index in [2.05, 4.69) is 60.5 Å². The number of nitrogens with zero attached hydrogens (tertiary/aromatic N) is 12. The number of rotatable bonds is 12. The van der Waals surface area contributed by atoms with Crippen molar-refractivity contribution >= 4 is 65.2 Å². The molecule has 28 nitrogen and oxygen atoms in total. The summed E-state index contributed by atoms with van der Waals surface area (Å²) in [6.45, 7) is 0. The number of pyridine rings is 5. The third-order valence-electron chi connectivity index (χ3n) is 10.7. The van der Waals surface area contributed by atoms with Crippen LogP contribution in [0.3, 0.4) is 0 Å². The molecule has 11 aromatic rings. The quantitative estimate of drug-likeness (QED) is 0.134. The fourth-order valence-corrected chi connectivity index (χ4v) is 6.64. The molecule has 6 heterocycles. The number of halogens is 4. The molecule has 1 aliphatic heterocycles. The summed E-state index contributed by atoms with van der Waals surface area (Å²) in [6, 6.07) is 87.7. The Hall–Kier alpha value is -10.2. The molecular formula is C72H60Cl4Co2N12O16. The molecule has 1 aliphatic rings. The SMILES string of the molecule is C(=Nc1ccccc1)c1ccccn1.C(=Nc1ccccc1)c1ccccn1.C(=Nc1ccccc1)c1ccccn1.C(=Nc1ccccc1)c1ccccn1.C(=Nc1ccccc1)c1ccccn1.C1=C[N-]/C(=C\[N-]c2ccccc2)C=C1.[Co+3].[Co+3].[O-][Cl+3]([O-])([O-])[O-].[O-][Cl+3]([O-])([O-])[O-].[O-][Cl+3]([O-])([O-])[O-].[O-][Cl+3]([O-])([O-])[O-]. The molecule has 0 amide bonds. The molecule has 0 aliphatic carbocycles. The van der Waals surface area contributed by atoms with Crippen LogP contribution in [0.25, 0.3) is 10.6 Å². The molecule has 0 saturated carbocycles. The third kappa shape index (κ3) is 60.2. The van der Waals surface area contributed by atoms with Crippen molar-refractivity contribution in [1.82, 2.24) is 24.9 Å². The van der Waals surface area contributed by atoms with E-state index in [1.807, 2.05) is 291 Å². The Morgan fingerprint density at radius 2 is 0.462 bits per heavy atom. The Morgan fingerprint density at radius 1 is 0.264 bits per heavy atom. The Bertz CT molecular complexity index is 3450. The van der Waals surface area contributed by atoms with Gasteiger partial charge in [0.25, 0.3) is 0 Å². The van der Waals surface area contributed by atoms with Crippen LogP contribution in [0.15, 0.2) is 365 Å². The van der Waals surface area contributed by atoms with E-state index in [0.717, 1.165) is 68.3 Å². The van der Waals surface area contributed by atoms with E-state index in [0.29, 0.717) is 0 Å². The van der Waals surface area contributed by atoms with Crippen LogP contribution >= 0.6 is 0 Å². The standard InChI is InChI=1S/6C12H10N2.4ClHO4.2Co/c6*1-2-6-11(7-3-1)14-10-12-8-4-5-9-13-12;4*2-1(3,4)5;;/h6*1-10H;4*(H,2,3,4,5);;/q-2;;;;;;;;;;2*+3/p-4/b12-10-;;;;;;;;;;;. The molecule has 106 heavy (non-hydrogen) atoms. The van der Waals surface area contributed by atoms with E-state index in [1.165, 1.54) is 0 Å². The first-order chi connectivity index (χ1) is 49.7. The van der Waals surface area contributed by atoms with Crippen molar-refractivity contribution < 1.29 is 149 Å². The average molecular weight is 1610 g/mol. The first kappa shape index (κ1) is 93.8. The van der Waals surface area contributed by atoms with Gasteiger partial charge < -0.3 is 10.6 Å². The van der Waals surface area contributed by atoms with Crippen molar-refractivity contribution in [3.63, 3.8) is 0 Å². The second kappa shape index (κ2) is 56.2. The van der Waals surface area contributed by atoms with Crippen LogP contribution in [0.1, 0.15) is 28.5 Å². The van der Waals surface area contributed by atoms with E-state index < -0.39 is 41.0 Å². The fraction of sp³-hybridized carbons (Fsp3) is 0. The summed E-state index contributed by atoms with van der Waals surface area (Å²) in [5, 5.41) is 8.43. The minimum Gasteiger partial charge on any atom is -0.666 e. The predicted octanol–water partition coefficient (Wildman–Crippen LogP) is -0.878. The zero-order chi connectivity index (χ0) is 75.8. The van der Waals surface area contributed by atoms with Crippen LogP contribution in [0, 0.1) is 41.0 Å². The van der Waals surface area contributed by atoms with E-state index >= 15 is 0 Å². The van der Waals surface area contributed by atoms with Gasteiger partial charge in [0.2, 0.25) is 0 Å². The van der Waals surface area contributed by atoms with Gasteiger partial charge in [0.05, 0.1) is 88.0 Å². The number of allylic oxidation sites excluding steroid dienone is 3. The first-order valence-electron chi connectivity index (χ1n) is 29.2. The van der Waals surface area contributed by atoms with Gasteiger partial charge in [-0.15, -0.1) is 46.7 Å². The van der Waals surface area contributed by atoms with Crippen LogP contribution in [-0.2, 0) is 33.6 Å². The van der Waals surface area contributed by atoms with Crippen molar-refractivity contribution in [1.29, 1.82) is 0 Å². The van der Waals surface area contributed by atoms with Crippen LogP contribution in [0.2, 0.25) is 0 Å². The molecule has 0 radical (unpaired) electrons. The topological polar surface area (TPSA) is 523 Å². The van der Waals surface area contributed by atoms with Gasteiger partial charge in [-0.25, -0.2) is 74.5 Å². The van der Waals surface area contributed by atoms with Crippen LogP contribution in [0.4, 0.5) is 34.1 Å². The Morgan fingerprint density at radius 3 is 0.642 bits per heavy atom. The number of aliphatic imine (C=N–C) groups is 5. The Labute approximate surface area is 639 Å². The second-order valence-corrected chi connectivity index (χ2v) is 21.6. The van der Waals surface area contributed by atoms with Crippen LogP contribution in [0.5, 0.6) is 0 Å². The largest absolute Gasteiger partial charge is 3.00 e. The molecule has 34 heteroatoms. The molecule has 0 N–H and O–H groups in total. The van der Waals surface area contributed by atoms with Crippen molar-refractivity contribution in [3.8, 4) is 0 Å². The summed E-state index contributed by atoms with van der Waals surface area (Å²) in [4.78, 5) is 42.2. The van der Waals surface area contributed by atoms with Crippen molar-refractivity contribution in [3.05, 3.63) is 379 Å². The first-order valence-corrected chi connectivity index (χ1v) is 34.1. The van der Waals surface area contributed by atoms with Crippen molar-refractivity contribution in [2.75, 3.05) is 0 Å². The Balaban J connectivity index is 0.000000602. The van der Waals surface area contributed by atoms with Gasteiger partial charge in [0, 0.05) is 31.0 Å². The smallest absolute Gasteiger partial charge is 0.666 e. The van der Waals surface area contributed by atoms with Gasteiger partial charge in [-0.05, 0) is 121 Å². The third-order valence-corrected chi connectivity index (χ3v) is 10.7. The van der Waals surface area contributed by atoms with Gasteiger partial charge in [0.1, 0.15) is 0 Å². The van der Waals surface area contributed by atoms with Gasteiger partial charge in [-0.1, -0.05) is 170 Å². The van der Waals surface area contributed by atoms with Crippen LogP contribution in [-0.4, -0.2) is 56.0 Å². The summed E-state index contributed by atoms with van der Waals surface area (Å²) in [6.07, 6.45) is 26.8. The monoisotopic (exact) mass is 1610 g/mol. The minimum atomic E-state index is -4.94. The number of benzene rings is 6. The molecule has 0 atom stereocenters. The van der Waals surface area contributed by atoms with E-state index in [1.54, 1.807) is 74.5 Å². The molecule has 5 aromatic heterocycles. The number of hydrogen-bond acceptors (Lipinski definition) is 26. The zero-order valence-corrected chi connectivity index (χ0v) is 59.8. The van der Waals surface area contributed by atoms with Gasteiger partial charge in [-0.2, -0.15) is 18.1 Å². The number of para-hydroxylation sites is 6. The van der Waals surface area contributed by atoms with E-state index in [9.17, 15) is 0 Å². The summed E-state index contributed by atoms with van der Waals surface area (Å²) in [5.41, 5.74) is 10.9. The summed E-state index contributed by atoms with van der Waals surface area (Å²) in [5.74, 6) is 0. The maximum absolute atomic E-state index is 8.49. The van der Waals surface area contributed by atoms with Gasteiger partial charge in [0.15, 0.2) is 0 Å². The fourth-order valence-electron chi connectivity index (χ4n) is 6.64. The molecule has 6 aromatic carbocycles. The average Bonchev–Trinajstić information content (AvgIpc) is 0.999. The van der Waals surface area contributed by atoms with Crippen LogP contribution < -0.4 is 74.5 Å². The predicted molar refractivity (Wildman–Crippen MR) is 349 cm³/mol. The molecule has 0 spiro atoms. The summed E-state index contributed by atoms with van der Waals surface area (Å²) < 4.78 is 136. The molecule has 0 saturated heterocycles. The Kier molecular flexibility index (Phi) is 49.7. The molecule has 0 unspecified atom stereocenters. The van der Waals surface area contributed by atoms with E-state index in [4.69, 9.17) is 74.5 Å². The second-order valence-electron chi connectivity index (χ2n) is 18.6. The minimum absolute atomic E-state index is 0. The maximum Gasteiger partial charge on any atom is 3.00 e. The van der Waals surface area contributed by atoms with E-state index in [-0.39, 0.29) is 33.6 Å². The zero-order valence-electron chi connectivity index (χ0n) is 54.7.